The molecule has 132 valence electrons. The van der Waals surface area contributed by atoms with Crippen LogP contribution in [0.2, 0.25) is 0 Å². The maximum atomic E-state index is 10.7. The zero-order chi connectivity index (χ0) is 18.5. The smallest absolute Gasteiger partial charge is 0.0846 e. The molecule has 4 rings (SSSR count). The number of aliphatic hydroxyl groups is 1. The lowest BCUT2D eigenvalue weighted by molar-refractivity contribution is 0.0792. The Morgan fingerprint density at radius 3 is 2.15 bits per heavy atom. The summed E-state index contributed by atoms with van der Waals surface area (Å²) in [5.74, 6) is 0. The van der Waals surface area contributed by atoms with Gasteiger partial charge in [0.25, 0.3) is 0 Å². The van der Waals surface area contributed by atoms with Gasteiger partial charge in [0, 0.05) is 15.2 Å². The molecule has 0 amide bonds. The molecule has 0 aromatic heterocycles. The summed E-state index contributed by atoms with van der Waals surface area (Å²) in [5.41, 5.74) is 5.08. The quantitative estimate of drug-likeness (QED) is 0.573. The molecule has 0 fully saturated rings. The maximum Gasteiger partial charge on any atom is 0.0846 e. The second-order valence-electron chi connectivity index (χ2n) is 8.01. The van der Waals surface area contributed by atoms with E-state index in [0.717, 1.165) is 11.1 Å². The van der Waals surface area contributed by atoms with Gasteiger partial charge in [-0.15, -0.1) is 0 Å². The van der Waals surface area contributed by atoms with Crippen LogP contribution in [0.3, 0.4) is 0 Å². The predicted molar refractivity (Wildman–Crippen MR) is 110 cm³/mol. The van der Waals surface area contributed by atoms with Crippen LogP contribution in [-0.2, 0) is 11.0 Å². The zero-order valence-corrected chi connectivity index (χ0v) is 16.5. The van der Waals surface area contributed by atoms with Crippen LogP contribution in [0.4, 0.5) is 0 Å². The fraction of sp³-hybridized carbons (Fsp3) is 0.250. The van der Waals surface area contributed by atoms with Gasteiger partial charge in [0.15, 0.2) is 0 Å². The number of rotatable bonds is 2. The second-order valence-corrected chi connectivity index (χ2v) is 9.06. The molecular weight excluding hydrogens is 336 g/mol. The minimum atomic E-state index is -0.883. The molecule has 1 heterocycles. The number of benzene rings is 3. The molecular formula is C24H24OS. The van der Waals surface area contributed by atoms with Crippen molar-refractivity contribution in [3.05, 3.63) is 83.4 Å². The highest BCUT2D eigenvalue weighted by atomic mass is 32.2. The lowest BCUT2D eigenvalue weighted by atomic mass is 9.76. The summed E-state index contributed by atoms with van der Waals surface area (Å²) >= 11 is 1.84. The highest BCUT2D eigenvalue weighted by Crippen LogP contribution is 2.52. The fourth-order valence-electron chi connectivity index (χ4n) is 3.93. The van der Waals surface area contributed by atoms with Gasteiger partial charge in [-0.25, -0.2) is 0 Å². The van der Waals surface area contributed by atoms with Crippen molar-refractivity contribution < 1.29 is 5.11 Å². The Morgan fingerprint density at radius 2 is 1.38 bits per heavy atom. The first-order valence-electron chi connectivity index (χ1n) is 9.03. The normalized spacial score (nSPS) is 15.3. The van der Waals surface area contributed by atoms with Crippen molar-refractivity contribution in [1.29, 1.82) is 0 Å². The Morgan fingerprint density at radius 1 is 0.769 bits per heavy atom. The van der Waals surface area contributed by atoms with E-state index in [9.17, 15) is 5.11 Å². The van der Waals surface area contributed by atoms with E-state index in [2.05, 4.69) is 68.4 Å². The van der Waals surface area contributed by atoms with Gasteiger partial charge in [0.05, 0.1) is 5.60 Å². The van der Waals surface area contributed by atoms with Crippen LogP contribution in [0, 0.1) is 0 Å². The molecule has 26 heavy (non-hydrogen) atoms. The molecule has 0 saturated heterocycles. The number of hydrogen-bond acceptors (Lipinski definition) is 2. The summed E-state index contributed by atoms with van der Waals surface area (Å²) in [6, 6.07) is 23.5. The molecule has 3 aromatic carbocycles. The number of fused-ring (bicyclic) bond motifs is 2. The molecule has 0 aliphatic carbocycles. The molecule has 0 atom stereocenters. The fourth-order valence-corrected chi connectivity index (χ4v) is 5.45. The van der Waals surface area contributed by atoms with Crippen LogP contribution in [0.1, 0.15) is 44.4 Å². The standard InChI is InChI=1S/C24H24OS/c1-23(2)19-13-7-8-15-21(19)26-22-17(11-9-14-20(22)23)16-10-5-6-12-18(16)24(3,4)25/h5-15,25H,1-4H3. The van der Waals surface area contributed by atoms with E-state index in [-0.39, 0.29) is 5.41 Å². The summed E-state index contributed by atoms with van der Waals surface area (Å²) in [6.45, 7) is 8.31. The zero-order valence-electron chi connectivity index (χ0n) is 15.7. The van der Waals surface area contributed by atoms with Crippen molar-refractivity contribution in [2.75, 3.05) is 0 Å². The van der Waals surface area contributed by atoms with Gasteiger partial charge in [-0.05, 0) is 47.7 Å². The highest BCUT2D eigenvalue weighted by molar-refractivity contribution is 7.99. The summed E-state index contributed by atoms with van der Waals surface area (Å²) in [5, 5.41) is 10.7. The summed E-state index contributed by atoms with van der Waals surface area (Å²) in [7, 11) is 0. The van der Waals surface area contributed by atoms with Crippen molar-refractivity contribution in [2.45, 2.75) is 48.5 Å². The Labute approximate surface area is 160 Å². The Kier molecular flexibility index (Phi) is 4.02. The van der Waals surface area contributed by atoms with Gasteiger partial charge in [-0.1, -0.05) is 86.3 Å². The molecule has 1 aliphatic heterocycles. The molecule has 1 nitrogen and oxygen atoms in total. The molecule has 0 spiro atoms. The largest absolute Gasteiger partial charge is 0.386 e. The summed E-state index contributed by atoms with van der Waals surface area (Å²) in [6.07, 6.45) is 0. The SMILES string of the molecule is CC(C)(O)c1ccccc1-c1cccc2c1Sc1ccccc1C2(C)C. The van der Waals surface area contributed by atoms with E-state index in [4.69, 9.17) is 0 Å². The second kappa shape index (κ2) is 6.00. The van der Waals surface area contributed by atoms with Gasteiger partial charge in [-0.2, -0.15) is 0 Å². The van der Waals surface area contributed by atoms with E-state index in [0.29, 0.717) is 0 Å². The first-order chi connectivity index (χ1) is 12.3. The Bertz CT molecular complexity index is 979. The van der Waals surface area contributed by atoms with Crippen molar-refractivity contribution in [3.8, 4) is 11.1 Å². The highest BCUT2D eigenvalue weighted by Gasteiger charge is 2.34. The third-order valence-corrected chi connectivity index (χ3v) is 6.56. The predicted octanol–water partition coefficient (Wildman–Crippen LogP) is 6.37. The van der Waals surface area contributed by atoms with Crippen molar-refractivity contribution in [2.24, 2.45) is 0 Å². The van der Waals surface area contributed by atoms with Crippen molar-refractivity contribution >= 4 is 11.8 Å². The van der Waals surface area contributed by atoms with E-state index in [1.807, 2.05) is 37.7 Å². The molecule has 2 heteroatoms. The summed E-state index contributed by atoms with van der Waals surface area (Å²) < 4.78 is 0. The first-order valence-corrected chi connectivity index (χ1v) is 9.85. The van der Waals surface area contributed by atoms with Crippen LogP contribution in [-0.4, -0.2) is 5.11 Å². The molecule has 0 unspecified atom stereocenters. The number of hydrogen-bond donors (Lipinski definition) is 1. The lowest BCUT2D eigenvalue weighted by Gasteiger charge is -2.36. The average Bonchev–Trinajstić information content (AvgIpc) is 2.61. The molecule has 1 N–H and O–H groups in total. The van der Waals surface area contributed by atoms with E-state index >= 15 is 0 Å². The minimum absolute atomic E-state index is 0.0448. The van der Waals surface area contributed by atoms with Gasteiger partial charge in [0.2, 0.25) is 0 Å². The first kappa shape index (κ1) is 17.4. The van der Waals surface area contributed by atoms with Gasteiger partial charge in [-0.3, -0.25) is 0 Å². The monoisotopic (exact) mass is 360 g/mol. The molecule has 0 bridgehead atoms. The molecule has 1 aliphatic rings. The minimum Gasteiger partial charge on any atom is -0.386 e. The third kappa shape index (κ3) is 2.69. The maximum absolute atomic E-state index is 10.7. The van der Waals surface area contributed by atoms with E-state index in [1.165, 1.54) is 26.5 Å². The molecule has 0 saturated carbocycles. The van der Waals surface area contributed by atoms with E-state index in [1.54, 1.807) is 0 Å². The average molecular weight is 361 g/mol. The van der Waals surface area contributed by atoms with Crippen LogP contribution in [0.15, 0.2) is 76.5 Å². The van der Waals surface area contributed by atoms with Crippen LogP contribution >= 0.6 is 11.8 Å². The Balaban J connectivity index is 1.98. The lowest BCUT2D eigenvalue weighted by Crippen LogP contribution is -2.24. The third-order valence-electron chi connectivity index (χ3n) is 5.34. The van der Waals surface area contributed by atoms with Crippen molar-refractivity contribution in [3.63, 3.8) is 0 Å². The van der Waals surface area contributed by atoms with Crippen LogP contribution in [0.25, 0.3) is 11.1 Å². The topological polar surface area (TPSA) is 20.2 Å². The van der Waals surface area contributed by atoms with Crippen LogP contribution in [0.5, 0.6) is 0 Å². The van der Waals surface area contributed by atoms with Gasteiger partial charge in [0.1, 0.15) is 0 Å². The van der Waals surface area contributed by atoms with Crippen molar-refractivity contribution in [1.82, 2.24) is 0 Å². The van der Waals surface area contributed by atoms with E-state index < -0.39 is 5.60 Å². The van der Waals surface area contributed by atoms with Gasteiger partial charge < -0.3 is 5.11 Å². The van der Waals surface area contributed by atoms with Gasteiger partial charge >= 0.3 is 0 Å². The van der Waals surface area contributed by atoms with Crippen LogP contribution < -0.4 is 0 Å². The summed E-state index contributed by atoms with van der Waals surface area (Å²) in [4.78, 5) is 2.62. The Hall–Kier alpha value is -2.03. The molecule has 3 aromatic rings. The molecule has 0 radical (unpaired) electrons.